The van der Waals surface area contributed by atoms with E-state index in [4.69, 9.17) is 0 Å². The minimum Gasteiger partial charge on any atom is -0.299 e. The van der Waals surface area contributed by atoms with E-state index in [9.17, 15) is 8.42 Å². The molecule has 0 saturated carbocycles. The third-order valence-corrected chi connectivity index (χ3v) is 6.95. The number of rotatable bonds is 4. The van der Waals surface area contributed by atoms with Gasteiger partial charge in [0.25, 0.3) is 0 Å². The van der Waals surface area contributed by atoms with Crippen LogP contribution < -0.4 is 4.72 Å². The number of hydrogen-bond donors (Lipinski definition) is 1. The van der Waals surface area contributed by atoms with Crippen LogP contribution in [0.5, 0.6) is 0 Å². The van der Waals surface area contributed by atoms with Crippen molar-refractivity contribution in [1.29, 1.82) is 0 Å². The Bertz CT molecular complexity index is 681. The lowest BCUT2D eigenvalue weighted by atomic mass is 9.92. The van der Waals surface area contributed by atoms with Crippen molar-refractivity contribution in [2.45, 2.75) is 36.6 Å². The van der Waals surface area contributed by atoms with Crippen molar-refractivity contribution in [3.05, 3.63) is 29.3 Å². The molecule has 126 valence electrons. The van der Waals surface area contributed by atoms with Gasteiger partial charge in [0.2, 0.25) is 10.0 Å². The summed E-state index contributed by atoms with van der Waals surface area (Å²) in [5.41, 5.74) is 2.53. The fourth-order valence-corrected chi connectivity index (χ4v) is 5.21. The smallest absolute Gasteiger partial charge is 0.240 e. The Morgan fingerprint density at radius 2 is 1.78 bits per heavy atom. The van der Waals surface area contributed by atoms with Crippen LogP contribution in [-0.2, 0) is 22.9 Å². The number of nitrogens with zero attached hydrogens (tertiary/aromatic N) is 2. The monoisotopic (exact) mass is 335 g/mol. The lowest BCUT2D eigenvalue weighted by Crippen LogP contribution is -2.63. The summed E-state index contributed by atoms with van der Waals surface area (Å²) in [7, 11) is -3.41. The van der Waals surface area contributed by atoms with Gasteiger partial charge in [0, 0.05) is 45.3 Å². The second-order valence-electron chi connectivity index (χ2n) is 6.98. The summed E-state index contributed by atoms with van der Waals surface area (Å²) in [6.07, 6.45) is 4.46. The third kappa shape index (κ3) is 3.18. The quantitative estimate of drug-likeness (QED) is 0.886. The van der Waals surface area contributed by atoms with Crippen LogP contribution in [0, 0.1) is 0 Å². The zero-order valence-corrected chi connectivity index (χ0v) is 14.3. The van der Waals surface area contributed by atoms with Crippen molar-refractivity contribution in [2.75, 3.05) is 39.3 Å². The van der Waals surface area contributed by atoms with Crippen molar-refractivity contribution in [3.8, 4) is 0 Å². The molecule has 1 N–H and O–H groups in total. The van der Waals surface area contributed by atoms with Crippen LogP contribution in [0.3, 0.4) is 0 Å². The van der Waals surface area contributed by atoms with E-state index in [1.165, 1.54) is 17.5 Å². The first-order valence-corrected chi connectivity index (χ1v) is 10.2. The molecular formula is C17H25N3O2S. The minimum absolute atomic E-state index is 0.310. The third-order valence-electron chi connectivity index (χ3n) is 5.53. The van der Waals surface area contributed by atoms with Crippen molar-refractivity contribution >= 4 is 10.0 Å². The molecular weight excluding hydrogens is 310 g/mol. The first kappa shape index (κ1) is 15.6. The molecule has 1 unspecified atom stereocenters. The summed E-state index contributed by atoms with van der Waals surface area (Å²) in [5.74, 6) is 0. The van der Waals surface area contributed by atoms with Gasteiger partial charge in [0.05, 0.1) is 4.90 Å². The van der Waals surface area contributed by atoms with Gasteiger partial charge in [-0.25, -0.2) is 13.1 Å². The highest BCUT2D eigenvalue weighted by Gasteiger charge is 2.32. The molecule has 0 aromatic heterocycles. The predicted octanol–water partition coefficient (Wildman–Crippen LogP) is 0.844. The molecule has 1 aromatic rings. The maximum absolute atomic E-state index is 12.6. The standard InChI is InChI=1S/C17H25N3O2S/c21-23(22,17-6-5-14-3-1-2-4-15(14)11-17)18-12-16-13-19-7-9-20(16)10-8-19/h5-6,11,16,18H,1-4,7-10,12-13H2. The maximum Gasteiger partial charge on any atom is 0.240 e. The highest BCUT2D eigenvalue weighted by atomic mass is 32.2. The van der Waals surface area contributed by atoms with Crippen molar-refractivity contribution in [3.63, 3.8) is 0 Å². The van der Waals surface area contributed by atoms with Crippen LogP contribution in [-0.4, -0.2) is 63.5 Å². The van der Waals surface area contributed by atoms with Gasteiger partial charge in [0.1, 0.15) is 0 Å². The summed E-state index contributed by atoms with van der Waals surface area (Å²) in [4.78, 5) is 5.27. The molecule has 3 fully saturated rings. The molecule has 4 aliphatic rings. The Balaban J connectivity index is 1.45. The van der Waals surface area contributed by atoms with Crippen LogP contribution in [0.25, 0.3) is 0 Å². The molecule has 1 aliphatic carbocycles. The molecule has 3 heterocycles. The van der Waals surface area contributed by atoms with E-state index in [-0.39, 0.29) is 0 Å². The van der Waals surface area contributed by atoms with E-state index < -0.39 is 10.0 Å². The van der Waals surface area contributed by atoms with Gasteiger partial charge in [0.15, 0.2) is 0 Å². The van der Waals surface area contributed by atoms with E-state index in [2.05, 4.69) is 14.5 Å². The average Bonchev–Trinajstić information content (AvgIpc) is 2.61. The summed E-state index contributed by atoms with van der Waals surface area (Å²) in [5, 5.41) is 0. The Hall–Kier alpha value is -0.950. The van der Waals surface area contributed by atoms with E-state index in [0.717, 1.165) is 52.0 Å². The van der Waals surface area contributed by atoms with Gasteiger partial charge >= 0.3 is 0 Å². The maximum atomic E-state index is 12.6. The SMILES string of the molecule is O=S(=O)(NCC1CN2CCN1CC2)c1ccc2c(c1)CCCC2. The van der Waals surface area contributed by atoms with Crippen LogP contribution in [0.1, 0.15) is 24.0 Å². The lowest BCUT2D eigenvalue weighted by Gasteiger charge is -2.47. The topological polar surface area (TPSA) is 52.7 Å². The van der Waals surface area contributed by atoms with E-state index in [1.54, 1.807) is 6.07 Å². The first-order valence-electron chi connectivity index (χ1n) is 8.70. The van der Waals surface area contributed by atoms with Crippen molar-refractivity contribution in [2.24, 2.45) is 0 Å². The molecule has 3 saturated heterocycles. The highest BCUT2D eigenvalue weighted by Crippen LogP contribution is 2.24. The summed E-state index contributed by atoms with van der Waals surface area (Å²) in [6, 6.07) is 5.96. The molecule has 0 amide bonds. The van der Waals surface area contributed by atoms with E-state index in [1.807, 2.05) is 12.1 Å². The Labute approximate surface area is 138 Å². The van der Waals surface area contributed by atoms with Gasteiger partial charge in [-0.05, 0) is 48.9 Å². The second-order valence-corrected chi connectivity index (χ2v) is 8.75. The predicted molar refractivity (Wildman–Crippen MR) is 90.1 cm³/mol. The largest absolute Gasteiger partial charge is 0.299 e. The molecule has 1 aromatic carbocycles. The van der Waals surface area contributed by atoms with Crippen molar-refractivity contribution in [1.82, 2.24) is 14.5 Å². The number of aryl methyl sites for hydroxylation is 2. The number of piperazine rings is 3. The minimum atomic E-state index is -3.41. The fraction of sp³-hybridized carbons (Fsp3) is 0.647. The molecule has 5 nitrogen and oxygen atoms in total. The number of hydrogen-bond acceptors (Lipinski definition) is 4. The number of benzene rings is 1. The van der Waals surface area contributed by atoms with Crippen molar-refractivity contribution < 1.29 is 8.42 Å². The molecule has 6 heteroatoms. The number of fused-ring (bicyclic) bond motifs is 4. The molecule has 2 bridgehead atoms. The molecule has 0 spiro atoms. The van der Waals surface area contributed by atoms with Crippen LogP contribution >= 0.6 is 0 Å². The van der Waals surface area contributed by atoms with Gasteiger partial charge in [-0.2, -0.15) is 0 Å². The summed E-state index contributed by atoms with van der Waals surface area (Å²) >= 11 is 0. The molecule has 0 radical (unpaired) electrons. The van der Waals surface area contributed by atoms with E-state index >= 15 is 0 Å². The average molecular weight is 335 g/mol. The van der Waals surface area contributed by atoms with Crippen LogP contribution in [0.4, 0.5) is 0 Å². The zero-order valence-electron chi connectivity index (χ0n) is 13.5. The van der Waals surface area contributed by atoms with Gasteiger partial charge in [-0.3, -0.25) is 9.80 Å². The van der Waals surface area contributed by atoms with Gasteiger partial charge in [-0.15, -0.1) is 0 Å². The molecule has 3 aliphatic heterocycles. The van der Waals surface area contributed by atoms with Crippen LogP contribution in [0.15, 0.2) is 23.1 Å². The lowest BCUT2D eigenvalue weighted by molar-refractivity contribution is 0.0158. The molecule has 5 rings (SSSR count). The Morgan fingerprint density at radius 1 is 1.04 bits per heavy atom. The Morgan fingerprint density at radius 3 is 2.48 bits per heavy atom. The fourth-order valence-electron chi connectivity index (χ4n) is 4.08. The normalized spacial score (nSPS) is 30.2. The molecule has 1 atom stereocenters. The summed E-state index contributed by atoms with van der Waals surface area (Å²) < 4.78 is 28.1. The molecule has 23 heavy (non-hydrogen) atoms. The summed E-state index contributed by atoms with van der Waals surface area (Å²) in [6.45, 7) is 5.85. The van der Waals surface area contributed by atoms with E-state index in [0.29, 0.717) is 17.5 Å². The zero-order chi connectivity index (χ0) is 15.9. The number of sulfonamides is 1. The first-order chi connectivity index (χ1) is 11.1. The highest BCUT2D eigenvalue weighted by molar-refractivity contribution is 7.89. The second kappa shape index (κ2) is 6.16. The van der Waals surface area contributed by atoms with Gasteiger partial charge < -0.3 is 0 Å². The Kier molecular flexibility index (Phi) is 4.17. The number of nitrogens with one attached hydrogen (secondary N) is 1. The van der Waals surface area contributed by atoms with Gasteiger partial charge in [-0.1, -0.05) is 6.07 Å². The van der Waals surface area contributed by atoms with Crippen LogP contribution in [0.2, 0.25) is 0 Å².